The van der Waals surface area contributed by atoms with Crippen molar-refractivity contribution in [2.75, 3.05) is 12.3 Å². The van der Waals surface area contributed by atoms with Crippen molar-refractivity contribution >= 4 is 21.6 Å². The quantitative estimate of drug-likeness (QED) is 0.577. The van der Waals surface area contributed by atoms with Crippen molar-refractivity contribution in [3.63, 3.8) is 0 Å². The number of sulfone groups is 1. The molecule has 0 saturated carbocycles. The lowest BCUT2D eigenvalue weighted by Gasteiger charge is -2.36. The monoisotopic (exact) mass is 385 g/mol. The molecule has 1 aromatic heterocycles. The van der Waals surface area contributed by atoms with Gasteiger partial charge in [-0.1, -0.05) is 0 Å². The Morgan fingerprint density at radius 3 is 2.73 bits per heavy atom. The van der Waals surface area contributed by atoms with Gasteiger partial charge in [0.1, 0.15) is 5.60 Å². The summed E-state index contributed by atoms with van der Waals surface area (Å²) in [5, 5.41) is 10.5. The molecule has 1 aliphatic rings. The van der Waals surface area contributed by atoms with Crippen LogP contribution in [-0.4, -0.2) is 53.3 Å². The molecule has 0 aliphatic carbocycles. The molecule has 1 aromatic rings. The molecule has 10 heteroatoms. The highest BCUT2D eigenvalue weighted by Crippen LogP contribution is 2.26. The second-order valence-corrected chi connectivity index (χ2v) is 9.14. The minimum atomic E-state index is -4.05. The van der Waals surface area contributed by atoms with Crippen LogP contribution in [0.1, 0.15) is 40.0 Å². The number of rotatable bonds is 4. The highest BCUT2D eigenvalue weighted by molar-refractivity contribution is 7.91. The third-order valence-corrected chi connectivity index (χ3v) is 5.64. The molecule has 0 radical (unpaired) electrons. The second kappa shape index (κ2) is 7.56. The van der Waals surface area contributed by atoms with E-state index in [0.717, 1.165) is 18.9 Å². The molecule has 2 heterocycles. The number of amides is 1. The van der Waals surface area contributed by atoms with Crippen LogP contribution in [0.25, 0.3) is 0 Å². The van der Waals surface area contributed by atoms with Gasteiger partial charge in [0.2, 0.25) is 14.9 Å². The van der Waals surface area contributed by atoms with E-state index < -0.39 is 49.0 Å². The molecular formula is C16H23N3O6S. The summed E-state index contributed by atoms with van der Waals surface area (Å²) in [6, 6.07) is 1.81. The summed E-state index contributed by atoms with van der Waals surface area (Å²) >= 11 is 0. The average molecular weight is 385 g/mol. The molecular weight excluding hydrogens is 362 g/mol. The van der Waals surface area contributed by atoms with E-state index in [1.54, 1.807) is 20.8 Å². The van der Waals surface area contributed by atoms with Gasteiger partial charge < -0.3 is 9.64 Å². The van der Waals surface area contributed by atoms with Crippen LogP contribution in [0, 0.1) is 10.1 Å². The molecule has 1 unspecified atom stereocenters. The third kappa shape index (κ3) is 4.90. The van der Waals surface area contributed by atoms with Crippen LogP contribution in [0.2, 0.25) is 0 Å². The molecule has 1 aliphatic heterocycles. The molecule has 0 spiro atoms. The van der Waals surface area contributed by atoms with Gasteiger partial charge >= 0.3 is 11.8 Å². The Bertz CT molecular complexity index is 787. The van der Waals surface area contributed by atoms with Crippen molar-refractivity contribution < 1.29 is 22.9 Å². The van der Waals surface area contributed by atoms with Crippen LogP contribution in [0.5, 0.6) is 0 Å². The van der Waals surface area contributed by atoms with Gasteiger partial charge in [-0.2, -0.15) is 0 Å². The van der Waals surface area contributed by atoms with Crippen LogP contribution < -0.4 is 0 Å². The van der Waals surface area contributed by atoms with Gasteiger partial charge in [0.15, 0.2) is 0 Å². The van der Waals surface area contributed by atoms with E-state index >= 15 is 0 Å². The van der Waals surface area contributed by atoms with E-state index in [0.29, 0.717) is 13.0 Å². The van der Waals surface area contributed by atoms with Crippen molar-refractivity contribution in [2.24, 2.45) is 0 Å². The van der Waals surface area contributed by atoms with Crippen molar-refractivity contribution in [2.45, 2.75) is 56.7 Å². The van der Waals surface area contributed by atoms with Gasteiger partial charge in [0.25, 0.3) is 0 Å². The SMILES string of the molecule is CC(C)(C)OC(=O)N1CCCCC1CS(=O)(=O)c1ncccc1[N+](=O)[O-]. The fraction of sp³-hybridized carbons (Fsp3) is 0.625. The van der Waals surface area contributed by atoms with Gasteiger partial charge in [0.05, 0.1) is 10.7 Å². The number of piperidine rings is 1. The number of aromatic nitrogens is 1. The molecule has 0 N–H and O–H groups in total. The summed E-state index contributed by atoms with van der Waals surface area (Å²) in [6.45, 7) is 5.59. The summed E-state index contributed by atoms with van der Waals surface area (Å²) in [6.07, 6.45) is 2.63. The zero-order valence-corrected chi connectivity index (χ0v) is 15.9. The Kier molecular flexibility index (Phi) is 5.84. The summed E-state index contributed by atoms with van der Waals surface area (Å²) in [4.78, 5) is 27.8. The van der Waals surface area contributed by atoms with Crippen molar-refractivity contribution in [1.29, 1.82) is 0 Å². The first-order chi connectivity index (χ1) is 12.0. The topological polar surface area (TPSA) is 120 Å². The maximum Gasteiger partial charge on any atom is 0.410 e. The largest absolute Gasteiger partial charge is 0.444 e. The van der Waals surface area contributed by atoms with E-state index in [4.69, 9.17) is 4.74 Å². The number of carbonyl (C=O) groups is 1. The highest BCUT2D eigenvalue weighted by Gasteiger charge is 2.36. The van der Waals surface area contributed by atoms with Crippen LogP contribution >= 0.6 is 0 Å². The predicted molar refractivity (Wildman–Crippen MR) is 93.5 cm³/mol. The summed E-state index contributed by atoms with van der Waals surface area (Å²) in [5.74, 6) is -0.426. The first-order valence-electron chi connectivity index (χ1n) is 8.33. The second-order valence-electron chi connectivity index (χ2n) is 7.19. The fourth-order valence-electron chi connectivity index (χ4n) is 2.83. The number of nitro groups is 1. The molecule has 1 saturated heterocycles. The van der Waals surface area contributed by atoms with Crippen molar-refractivity contribution in [3.8, 4) is 0 Å². The molecule has 26 heavy (non-hydrogen) atoms. The van der Waals surface area contributed by atoms with E-state index in [1.165, 1.54) is 17.2 Å². The molecule has 1 fully saturated rings. The molecule has 2 rings (SSSR count). The lowest BCUT2D eigenvalue weighted by Crippen LogP contribution is -2.49. The minimum absolute atomic E-state index is 0.388. The number of ether oxygens (including phenoxy) is 1. The lowest BCUT2D eigenvalue weighted by atomic mass is 10.0. The van der Waals surface area contributed by atoms with Crippen molar-refractivity contribution in [3.05, 3.63) is 28.4 Å². The zero-order valence-electron chi connectivity index (χ0n) is 15.0. The maximum atomic E-state index is 12.7. The first kappa shape index (κ1) is 20.1. The standard InChI is InChI=1S/C16H23N3O6S/c1-16(2,3)25-15(20)18-10-5-4-7-12(18)11-26(23,24)14-13(19(21)22)8-6-9-17-14/h6,8-9,12H,4-5,7,10-11H2,1-3H3. The maximum absolute atomic E-state index is 12.7. The van der Waals surface area contributed by atoms with Crippen LogP contribution in [-0.2, 0) is 14.6 Å². The van der Waals surface area contributed by atoms with Gasteiger partial charge in [-0.15, -0.1) is 0 Å². The Morgan fingerprint density at radius 2 is 2.12 bits per heavy atom. The molecule has 0 aromatic carbocycles. The van der Waals surface area contributed by atoms with E-state index in [9.17, 15) is 23.3 Å². The van der Waals surface area contributed by atoms with Gasteiger partial charge in [0, 0.05) is 24.8 Å². The zero-order chi connectivity index (χ0) is 19.5. The number of carbonyl (C=O) groups excluding carboxylic acids is 1. The first-order valence-corrected chi connectivity index (χ1v) is 9.98. The third-order valence-electron chi connectivity index (χ3n) is 3.91. The molecule has 9 nitrogen and oxygen atoms in total. The fourth-order valence-corrected chi connectivity index (χ4v) is 4.52. The van der Waals surface area contributed by atoms with Gasteiger partial charge in [-0.25, -0.2) is 18.2 Å². The number of hydrogen-bond donors (Lipinski definition) is 0. The molecule has 1 atom stereocenters. The Morgan fingerprint density at radius 1 is 1.42 bits per heavy atom. The van der Waals surface area contributed by atoms with Gasteiger partial charge in [-0.05, 0) is 46.1 Å². The average Bonchev–Trinajstić information content (AvgIpc) is 2.53. The van der Waals surface area contributed by atoms with E-state index in [2.05, 4.69) is 4.98 Å². The van der Waals surface area contributed by atoms with Crippen LogP contribution in [0.3, 0.4) is 0 Å². The Balaban J connectivity index is 2.26. The molecule has 1 amide bonds. The number of hydrogen-bond acceptors (Lipinski definition) is 7. The molecule has 144 valence electrons. The minimum Gasteiger partial charge on any atom is -0.444 e. The highest BCUT2D eigenvalue weighted by atomic mass is 32.2. The number of nitrogens with zero attached hydrogens (tertiary/aromatic N) is 3. The summed E-state index contributed by atoms with van der Waals surface area (Å²) in [7, 11) is -4.05. The van der Waals surface area contributed by atoms with E-state index in [-0.39, 0.29) is 0 Å². The van der Waals surface area contributed by atoms with E-state index in [1.807, 2.05) is 0 Å². The smallest absolute Gasteiger partial charge is 0.410 e. The molecule has 0 bridgehead atoms. The van der Waals surface area contributed by atoms with Crippen LogP contribution in [0.4, 0.5) is 10.5 Å². The van der Waals surface area contributed by atoms with Crippen molar-refractivity contribution in [1.82, 2.24) is 9.88 Å². The van der Waals surface area contributed by atoms with Gasteiger partial charge in [-0.3, -0.25) is 10.1 Å². The Hall–Kier alpha value is -2.23. The summed E-state index contributed by atoms with van der Waals surface area (Å²) < 4.78 is 30.8. The predicted octanol–water partition coefficient (Wildman–Crippen LogP) is 2.55. The number of likely N-dealkylation sites (tertiary alicyclic amines) is 1. The lowest BCUT2D eigenvalue weighted by molar-refractivity contribution is -0.388. The number of pyridine rings is 1. The summed E-state index contributed by atoms with van der Waals surface area (Å²) in [5.41, 5.74) is -1.26. The van der Waals surface area contributed by atoms with Crippen LogP contribution in [0.15, 0.2) is 23.4 Å². The Labute approximate surface area is 152 Å². The normalized spacial score (nSPS) is 18.4.